The third-order valence-corrected chi connectivity index (χ3v) is 1.39. The van der Waals surface area contributed by atoms with Gasteiger partial charge in [-0.05, 0) is 18.9 Å². The van der Waals surface area contributed by atoms with Crippen LogP contribution in [0.5, 0.6) is 0 Å². The van der Waals surface area contributed by atoms with Crippen LogP contribution in [0.15, 0.2) is 16.7 Å². The number of aromatic carboxylic acids is 1. The molecular formula is C8H9O3. The highest BCUT2D eigenvalue weighted by Crippen LogP contribution is 2.11. The van der Waals surface area contributed by atoms with Crippen LogP contribution in [0.2, 0.25) is 0 Å². The van der Waals surface area contributed by atoms with Gasteiger partial charge in [0.2, 0.25) is 5.76 Å². The molecule has 0 fully saturated rings. The van der Waals surface area contributed by atoms with Gasteiger partial charge in [0.05, 0.1) is 6.26 Å². The van der Waals surface area contributed by atoms with E-state index in [9.17, 15) is 4.79 Å². The quantitative estimate of drug-likeness (QED) is 0.719. The van der Waals surface area contributed by atoms with Crippen molar-refractivity contribution in [2.75, 3.05) is 0 Å². The summed E-state index contributed by atoms with van der Waals surface area (Å²) in [6.45, 7) is 3.63. The predicted molar refractivity (Wildman–Crippen MR) is 39.3 cm³/mol. The van der Waals surface area contributed by atoms with Crippen LogP contribution in [0.3, 0.4) is 0 Å². The van der Waals surface area contributed by atoms with E-state index in [-0.39, 0.29) is 5.76 Å². The predicted octanol–water partition coefficient (Wildman–Crippen LogP) is 1.74. The molecule has 1 aromatic rings. The fourth-order valence-electron chi connectivity index (χ4n) is 0.911. The lowest BCUT2D eigenvalue weighted by Crippen LogP contribution is -1.98. The average Bonchev–Trinajstić information content (AvgIpc) is 2.36. The van der Waals surface area contributed by atoms with Gasteiger partial charge in [-0.25, -0.2) is 4.79 Å². The van der Waals surface area contributed by atoms with Crippen LogP contribution in [0.25, 0.3) is 0 Å². The molecule has 59 valence electrons. The summed E-state index contributed by atoms with van der Waals surface area (Å²) in [4.78, 5) is 10.4. The van der Waals surface area contributed by atoms with Crippen molar-refractivity contribution in [1.82, 2.24) is 0 Å². The zero-order chi connectivity index (χ0) is 8.27. The monoisotopic (exact) mass is 153 g/mol. The molecule has 0 unspecified atom stereocenters. The molecule has 0 atom stereocenters. The minimum atomic E-state index is -1.02. The summed E-state index contributed by atoms with van der Waals surface area (Å²) in [6.07, 6.45) is 2.71. The van der Waals surface area contributed by atoms with Gasteiger partial charge >= 0.3 is 5.97 Å². The number of carbonyl (C=O) groups is 1. The van der Waals surface area contributed by atoms with Gasteiger partial charge in [0.15, 0.2) is 0 Å². The molecule has 0 aliphatic carbocycles. The van der Waals surface area contributed by atoms with Crippen LogP contribution < -0.4 is 0 Å². The van der Waals surface area contributed by atoms with Gasteiger partial charge in [0, 0.05) is 5.56 Å². The number of furan rings is 1. The van der Waals surface area contributed by atoms with E-state index in [0.717, 1.165) is 0 Å². The Labute approximate surface area is 64.6 Å². The maximum atomic E-state index is 10.4. The summed E-state index contributed by atoms with van der Waals surface area (Å²) in [5, 5.41) is 8.57. The first-order chi connectivity index (χ1) is 5.25. The molecule has 0 saturated carbocycles. The molecule has 0 spiro atoms. The zero-order valence-electron chi connectivity index (χ0n) is 6.04. The second kappa shape index (κ2) is 3.23. The molecule has 0 saturated heterocycles. The molecule has 3 heteroatoms. The van der Waals surface area contributed by atoms with Crippen molar-refractivity contribution in [2.24, 2.45) is 0 Å². The Balaban J connectivity index is 2.87. The largest absolute Gasteiger partial charge is 0.475 e. The molecule has 1 radical (unpaired) electrons. The van der Waals surface area contributed by atoms with Gasteiger partial charge in [0.1, 0.15) is 0 Å². The third kappa shape index (κ3) is 1.61. The molecule has 1 N–H and O–H groups in total. The third-order valence-electron chi connectivity index (χ3n) is 1.39. The summed E-state index contributed by atoms with van der Waals surface area (Å²) in [5.74, 6) is -0.980. The van der Waals surface area contributed by atoms with Crippen LogP contribution in [-0.4, -0.2) is 11.1 Å². The Bertz CT molecular complexity index is 250. The molecule has 3 nitrogen and oxygen atoms in total. The summed E-state index contributed by atoms with van der Waals surface area (Å²) in [6, 6.07) is 1.66. The summed E-state index contributed by atoms with van der Waals surface area (Å²) in [5.41, 5.74) is 0.715. The standard InChI is InChI=1S/C8H9O3/c1-2-3-6-4-5-11-7(6)8(9)10/h4-5H,1-3H2,(H,9,10). The Hall–Kier alpha value is -1.25. The SMILES string of the molecule is [CH2]CCc1ccoc1C(=O)O. The molecule has 0 aromatic carbocycles. The van der Waals surface area contributed by atoms with Crippen molar-refractivity contribution in [3.8, 4) is 0 Å². The summed E-state index contributed by atoms with van der Waals surface area (Å²) in [7, 11) is 0. The summed E-state index contributed by atoms with van der Waals surface area (Å²) >= 11 is 0. The van der Waals surface area contributed by atoms with E-state index in [0.29, 0.717) is 18.4 Å². The number of aryl methyl sites for hydroxylation is 1. The topological polar surface area (TPSA) is 50.4 Å². The Morgan fingerprint density at radius 3 is 3.00 bits per heavy atom. The molecule has 1 aromatic heterocycles. The number of carboxylic acids is 1. The van der Waals surface area contributed by atoms with E-state index in [4.69, 9.17) is 9.52 Å². The Morgan fingerprint density at radius 1 is 1.73 bits per heavy atom. The van der Waals surface area contributed by atoms with Gasteiger partial charge in [-0.3, -0.25) is 0 Å². The molecule has 0 aliphatic rings. The lowest BCUT2D eigenvalue weighted by atomic mass is 10.1. The maximum absolute atomic E-state index is 10.4. The van der Waals surface area contributed by atoms with Crippen molar-refractivity contribution < 1.29 is 14.3 Å². The van der Waals surface area contributed by atoms with E-state index in [1.54, 1.807) is 6.07 Å². The van der Waals surface area contributed by atoms with Crippen molar-refractivity contribution >= 4 is 5.97 Å². The highest BCUT2D eigenvalue weighted by molar-refractivity contribution is 5.86. The van der Waals surface area contributed by atoms with Crippen molar-refractivity contribution in [3.05, 3.63) is 30.6 Å². The van der Waals surface area contributed by atoms with Gasteiger partial charge in [-0.1, -0.05) is 6.92 Å². The number of hydrogen-bond acceptors (Lipinski definition) is 2. The van der Waals surface area contributed by atoms with Crippen molar-refractivity contribution in [3.63, 3.8) is 0 Å². The van der Waals surface area contributed by atoms with Crippen LogP contribution in [0.1, 0.15) is 22.5 Å². The number of rotatable bonds is 3. The average molecular weight is 153 g/mol. The van der Waals surface area contributed by atoms with E-state index in [1.165, 1.54) is 6.26 Å². The van der Waals surface area contributed by atoms with Crippen LogP contribution in [-0.2, 0) is 6.42 Å². The molecule has 1 heterocycles. The first-order valence-electron chi connectivity index (χ1n) is 3.34. The Morgan fingerprint density at radius 2 is 2.45 bits per heavy atom. The molecule has 0 amide bonds. The maximum Gasteiger partial charge on any atom is 0.372 e. The minimum Gasteiger partial charge on any atom is -0.475 e. The second-order valence-electron chi connectivity index (χ2n) is 2.18. The lowest BCUT2D eigenvalue weighted by molar-refractivity contribution is 0.0661. The van der Waals surface area contributed by atoms with Gasteiger partial charge < -0.3 is 9.52 Å². The fraction of sp³-hybridized carbons (Fsp3) is 0.250. The zero-order valence-corrected chi connectivity index (χ0v) is 6.04. The smallest absolute Gasteiger partial charge is 0.372 e. The number of carboxylic acid groups (broad SMARTS) is 1. The normalized spacial score (nSPS) is 9.91. The first-order valence-corrected chi connectivity index (χ1v) is 3.34. The molecular weight excluding hydrogens is 144 g/mol. The van der Waals surface area contributed by atoms with E-state index in [2.05, 4.69) is 6.92 Å². The molecule has 0 bridgehead atoms. The van der Waals surface area contributed by atoms with Gasteiger partial charge in [-0.2, -0.15) is 0 Å². The molecule has 11 heavy (non-hydrogen) atoms. The fourth-order valence-corrected chi connectivity index (χ4v) is 0.911. The highest BCUT2D eigenvalue weighted by Gasteiger charge is 2.11. The number of hydrogen-bond donors (Lipinski definition) is 1. The van der Waals surface area contributed by atoms with Crippen LogP contribution >= 0.6 is 0 Å². The second-order valence-corrected chi connectivity index (χ2v) is 2.18. The van der Waals surface area contributed by atoms with Crippen LogP contribution in [0, 0.1) is 6.92 Å². The van der Waals surface area contributed by atoms with Crippen molar-refractivity contribution in [2.45, 2.75) is 12.8 Å². The van der Waals surface area contributed by atoms with E-state index < -0.39 is 5.97 Å². The van der Waals surface area contributed by atoms with Crippen LogP contribution in [0.4, 0.5) is 0 Å². The Kier molecular flexibility index (Phi) is 2.31. The molecule has 1 rings (SSSR count). The van der Waals surface area contributed by atoms with Gasteiger partial charge in [0.25, 0.3) is 0 Å². The van der Waals surface area contributed by atoms with Gasteiger partial charge in [-0.15, -0.1) is 0 Å². The lowest BCUT2D eigenvalue weighted by Gasteiger charge is -1.93. The minimum absolute atomic E-state index is 0.0358. The molecule has 0 aliphatic heterocycles. The highest BCUT2D eigenvalue weighted by atomic mass is 16.4. The van der Waals surface area contributed by atoms with E-state index in [1.807, 2.05) is 0 Å². The van der Waals surface area contributed by atoms with E-state index >= 15 is 0 Å². The van der Waals surface area contributed by atoms with Crippen molar-refractivity contribution in [1.29, 1.82) is 0 Å². The first kappa shape index (κ1) is 7.85. The summed E-state index contributed by atoms with van der Waals surface area (Å²) < 4.78 is 4.75.